The first-order chi connectivity index (χ1) is 13.1. The number of hydrogen-bond donors (Lipinski definition) is 6. The number of cyclic esters (lactones) is 2. The fourth-order valence-electron chi connectivity index (χ4n) is 2.76. The molecule has 0 radical (unpaired) electrons. The van der Waals surface area contributed by atoms with E-state index in [-0.39, 0.29) is 13.2 Å². The quantitative estimate of drug-likeness (QED) is 0.285. The third-order valence-corrected chi connectivity index (χ3v) is 4.20. The van der Waals surface area contributed by atoms with E-state index in [4.69, 9.17) is 9.47 Å². The molecule has 0 amide bonds. The van der Waals surface area contributed by atoms with Crippen LogP contribution >= 0.6 is 0 Å². The number of rotatable bonds is 0. The van der Waals surface area contributed by atoms with Gasteiger partial charge in [0, 0.05) is 17.0 Å². The summed E-state index contributed by atoms with van der Waals surface area (Å²) in [7, 11) is 0. The van der Waals surface area contributed by atoms with Crippen molar-refractivity contribution < 1.29 is 49.7 Å². The van der Waals surface area contributed by atoms with Gasteiger partial charge < -0.3 is 40.1 Å². The summed E-state index contributed by atoms with van der Waals surface area (Å²) >= 11 is 0. The number of hydrogen-bond acceptors (Lipinski definition) is 10. The Balaban J connectivity index is 2.46. The number of phenols is 6. The Morgan fingerprint density at radius 1 is 0.714 bits per heavy atom. The van der Waals surface area contributed by atoms with E-state index < -0.39 is 74.6 Å². The molecule has 0 atom stereocenters. The second-order valence-electron chi connectivity index (χ2n) is 6.33. The number of carbonyl (C=O) groups excluding carboxylic acids is 2. The molecule has 0 saturated heterocycles. The van der Waals surface area contributed by atoms with Gasteiger partial charge in [-0.25, -0.2) is 9.59 Å². The molecule has 0 spiro atoms. The Morgan fingerprint density at radius 3 is 1.43 bits per heavy atom. The highest BCUT2D eigenvalue weighted by atomic mass is 16.5. The summed E-state index contributed by atoms with van der Waals surface area (Å²) in [6, 6.07) is 1.54. The van der Waals surface area contributed by atoms with E-state index in [1.54, 1.807) is 6.92 Å². The van der Waals surface area contributed by atoms with Crippen molar-refractivity contribution >= 4 is 11.9 Å². The van der Waals surface area contributed by atoms with Gasteiger partial charge in [0.05, 0.1) is 24.3 Å². The molecule has 2 aromatic carbocycles. The van der Waals surface area contributed by atoms with Crippen LogP contribution in [-0.4, -0.2) is 55.8 Å². The highest BCUT2D eigenvalue weighted by Crippen LogP contribution is 2.52. The van der Waals surface area contributed by atoms with Crippen LogP contribution < -0.4 is 0 Å². The Bertz CT molecular complexity index is 915. The number of ether oxygens (including phenoxy) is 2. The van der Waals surface area contributed by atoms with Crippen LogP contribution in [0.3, 0.4) is 0 Å². The first kappa shape index (κ1) is 19.0. The van der Waals surface area contributed by atoms with Gasteiger partial charge in [0.1, 0.15) is 0 Å². The molecule has 0 aliphatic carbocycles. The van der Waals surface area contributed by atoms with E-state index in [9.17, 15) is 40.2 Å². The van der Waals surface area contributed by atoms with Crippen molar-refractivity contribution in [3.63, 3.8) is 0 Å². The number of aromatic hydroxyl groups is 6. The zero-order chi connectivity index (χ0) is 20.7. The first-order valence-electron chi connectivity index (χ1n) is 8.03. The lowest BCUT2D eigenvalue weighted by atomic mass is 9.92. The minimum absolute atomic E-state index is 0.174. The zero-order valence-corrected chi connectivity index (χ0v) is 14.5. The molecular weight excluding hydrogens is 376 g/mol. The van der Waals surface area contributed by atoms with Crippen molar-refractivity contribution in [2.24, 2.45) is 5.92 Å². The summed E-state index contributed by atoms with van der Waals surface area (Å²) in [6.45, 7) is 1.28. The number of carbonyl (C=O) groups is 2. The average Bonchev–Trinajstić information content (AvgIpc) is 2.67. The average molecular weight is 392 g/mol. The van der Waals surface area contributed by atoms with Gasteiger partial charge in [0.25, 0.3) is 0 Å². The molecule has 0 aromatic heterocycles. The van der Waals surface area contributed by atoms with Crippen molar-refractivity contribution in [3.05, 3.63) is 23.3 Å². The van der Waals surface area contributed by atoms with E-state index in [0.717, 1.165) is 12.1 Å². The lowest BCUT2D eigenvalue weighted by molar-refractivity contribution is 0.0285. The lowest BCUT2D eigenvalue weighted by Crippen LogP contribution is -2.18. The zero-order valence-electron chi connectivity index (χ0n) is 14.5. The van der Waals surface area contributed by atoms with E-state index in [1.165, 1.54) is 0 Å². The van der Waals surface area contributed by atoms with Crippen LogP contribution in [0.2, 0.25) is 0 Å². The van der Waals surface area contributed by atoms with Crippen LogP contribution in [0.1, 0.15) is 27.6 Å². The highest BCUT2D eigenvalue weighted by Gasteiger charge is 2.32. The van der Waals surface area contributed by atoms with E-state index >= 15 is 0 Å². The molecule has 2 aromatic rings. The molecule has 1 aliphatic rings. The minimum Gasteiger partial charge on any atom is -0.504 e. The van der Waals surface area contributed by atoms with Gasteiger partial charge in [-0.15, -0.1) is 0 Å². The van der Waals surface area contributed by atoms with Gasteiger partial charge in [-0.05, 0) is 12.1 Å². The summed E-state index contributed by atoms with van der Waals surface area (Å²) in [5.41, 5.74) is -2.21. The fourth-order valence-corrected chi connectivity index (χ4v) is 2.76. The number of phenolic OH excluding ortho intramolecular Hbond substituents is 6. The molecule has 1 heterocycles. The Hall–Kier alpha value is -3.82. The second-order valence-corrected chi connectivity index (χ2v) is 6.33. The minimum atomic E-state index is -1.06. The number of fused-ring (bicyclic) bond motifs is 3. The number of esters is 2. The Morgan fingerprint density at radius 2 is 1.07 bits per heavy atom. The van der Waals surface area contributed by atoms with Crippen molar-refractivity contribution in [1.29, 1.82) is 0 Å². The molecule has 0 fully saturated rings. The fraction of sp³-hybridized carbons (Fsp3) is 0.222. The van der Waals surface area contributed by atoms with Gasteiger partial charge in [-0.1, -0.05) is 6.92 Å². The van der Waals surface area contributed by atoms with Gasteiger partial charge in [-0.2, -0.15) is 0 Å². The molecule has 0 unspecified atom stereocenters. The van der Waals surface area contributed by atoms with Crippen molar-refractivity contribution in [1.82, 2.24) is 0 Å². The summed E-state index contributed by atoms with van der Waals surface area (Å²) in [5.74, 6) is -8.43. The number of benzene rings is 2. The van der Waals surface area contributed by atoms with Crippen LogP contribution in [0.25, 0.3) is 11.1 Å². The standard InChI is InChI=1S/C18H16O10/c1-6-4-27-17(25)7-2-9(19)13(21)15(23)11(7)12-8(18(26)28-5-6)3-10(20)14(22)16(12)24/h2-3,6,19-24H,4-5H2,1H3. The summed E-state index contributed by atoms with van der Waals surface area (Å²) in [4.78, 5) is 25.0. The third kappa shape index (κ3) is 2.94. The van der Waals surface area contributed by atoms with Crippen LogP contribution in [0.15, 0.2) is 12.1 Å². The van der Waals surface area contributed by atoms with Crippen LogP contribution in [-0.2, 0) is 9.47 Å². The van der Waals surface area contributed by atoms with Crippen LogP contribution in [0, 0.1) is 5.92 Å². The van der Waals surface area contributed by atoms with Crippen molar-refractivity contribution in [3.8, 4) is 45.6 Å². The third-order valence-electron chi connectivity index (χ3n) is 4.20. The Labute approximate surface area is 157 Å². The van der Waals surface area contributed by atoms with Crippen LogP contribution in [0.4, 0.5) is 0 Å². The predicted octanol–water partition coefficient (Wildman–Crippen LogP) is 1.55. The molecule has 0 saturated carbocycles. The predicted molar refractivity (Wildman–Crippen MR) is 91.6 cm³/mol. The maximum Gasteiger partial charge on any atom is 0.339 e. The van der Waals surface area contributed by atoms with E-state index in [0.29, 0.717) is 0 Å². The van der Waals surface area contributed by atoms with Gasteiger partial charge in [-0.3, -0.25) is 0 Å². The van der Waals surface area contributed by atoms with Crippen molar-refractivity contribution in [2.75, 3.05) is 13.2 Å². The molecule has 0 bridgehead atoms. The van der Waals surface area contributed by atoms with E-state index in [2.05, 4.69) is 0 Å². The SMILES string of the molecule is CC1COC(=O)c2cc(O)c(O)c(O)c2-c2c(cc(O)c(O)c2O)C(=O)OC1. The first-order valence-corrected chi connectivity index (χ1v) is 8.03. The molecule has 1 aliphatic heterocycles. The molecule has 28 heavy (non-hydrogen) atoms. The highest BCUT2D eigenvalue weighted by molar-refractivity contribution is 6.08. The van der Waals surface area contributed by atoms with Gasteiger partial charge in [0.2, 0.25) is 11.5 Å². The smallest absolute Gasteiger partial charge is 0.339 e. The molecular formula is C18H16O10. The summed E-state index contributed by atoms with van der Waals surface area (Å²) in [6.07, 6.45) is 0. The maximum atomic E-state index is 12.5. The molecule has 148 valence electrons. The van der Waals surface area contributed by atoms with Crippen LogP contribution in [0.5, 0.6) is 34.5 Å². The monoisotopic (exact) mass is 392 g/mol. The topological polar surface area (TPSA) is 174 Å². The largest absolute Gasteiger partial charge is 0.504 e. The normalized spacial score (nSPS) is 15.0. The summed E-state index contributed by atoms with van der Waals surface area (Å²) < 4.78 is 10.2. The molecule has 3 rings (SSSR count). The van der Waals surface area contributed by atoms with Gasteiger partial charge >= 0.3 is 11.9 Å². The van der Waals surface area contributed by atoms with Gasteiger partial charge in [0.15, 0.2) is 23.0 Å². The lowest BCUT2D eigenvalue weighted by Gasteiger charge is -2.17. The molecule has 10 nitrogen and oxygen atoms in total. The molecule has 6 N–H and O–H groups in total. The van der Waals surface area contributed by atoms with E-state index in [1.807, 2.05) is 0 Å². The Kier molecular flexibility index (Phi) is 4.55. The second kappa shape index (κ2) is 6.72. The maximum absolute atomic E-state index is 12.5. The summed E-state index contributed by atoms with van der Waals surface area (Å²) in [5, 5.41) is 60.0. The molecule has 10 heteroatoms. The van der Waals surface area contributed by atoms with Crippen molar-refractivity contribution in [2.45, 2.75) is 6.92 Å².